The fraction of sp³-hybridized carbons (Fsp3) is 0.562. The predicted molar refractivity (Wildman–Crippen MR) is 481 cm³/mol. The van der Waals surface area contributed by atoms with Gasteiger partial charge >= 0.3 is 36.9 Å². The lowest BCUT2D eigenvalue weighted by Gasteiger charge is -2.31. The first-order valence-corrected chi connectivity index (χ1v) is 43.8. The molecule has 1 aliphatic carbocycles. The zero-order valence-corrected chi connectivity index (χ0v) is 82.9. The van der Waals surface area contributed by atoms with Gasteiger partial charge in [0.2, 0.25) is 0 Å². The monoisotopic (exact) mass is 1880 g/mol. The molecule has 4 unspecified atom stereocenters. The minimum atomic E-state index is -1.09. The largest absolute Gasteiger partial charge is 0.514 e. The first-order valence-electron chi connectivity index (χ1n) is 40.1. The van der Waals surface area contributed by atoms with E-state index in [1.54, 1.807) is 125 Å². The molecule has 6 aromatic rings. The Morgan fingerprint density at radius 1 is 0.212 bits per heavy atom. The molecule has 4 atom stereocenters. The Hall–Kier alpha value is -7.14. The summed E-state index contributed by atoms with van der Waals surface area (Å²) in [4.78, 5) is 86.1. The summed E-state index contributed by atoms with van der Waals surface area (Å²) in [5.41, 5.74) is -1.43. The molecule has 12 bridgehead atoms. The molecule has 0 saturated heterocycles. The lowest BCUT2D eigenvalue weighted by Crippen LogP contribution is -2.28. The Labute approximate surface area is 735 Å². The lowest BCUT2D eigenvalue weighted by molar-refractivity contribution is 0.0187. The van der Waals surface area contributed by atoms with Crippen molar-refractivity contribution in [2.24, 2.45) is 0 Å². The van der Waals surface area contributed by atoms with Crippen molar-refractivity contribution in [2.75, 3.05) is 0 Å². The predicted octanol–water partition coefficient (Wildman–Crippen LogP) is 28.8. The molecule has 7 rings (SSSR count). The van der Waals surface area contributed by atoms with Crippen molar-refractivity contribution < 1.29 is 85.6 Å². The zero-order valence-electron chi connectivity index (χ0n) is 76.5. The van der Waals surface area contributed by atoms with Gasteiger partial charge in [-0.25, -0.2) is 28.8 Å². The van der Waals surface area contributed by atoms with Crippen LogP contribution in [0.1, 0.15) is 369 Å². The molecule has 0 aliphatic heterocycles. The van der Waals surface area contributed by atoms with E-state index in [0.717, 1.165) is 33.4 Å². The van der Waals surface area contributed by atoms with Gasteiger partial charge < -0.3 is 56.8 Å². The van der Waals surface area contributed by atoms with Gasteiger partial charge in [-0.2, -0.15) is 0 Å². The van der Waals surface area contributed by atoms with Gasteiger partial charge in [-0.3, -0.25) is 0 Å². The normalized spacial score (nSPS) is 16.3. The quantitative estimate of drug-likeness (QED) is 0.0656. The van der Waals surface area contributed by atoms with E-state index in [0.29, 0.717) is 66.8 Å². The number of hydrogen-bond donors (Lipinski definition) is 0. The smallest absolute Gasteiger partial charge is 0.428 e. The summed E-state index contributed by atoms with van der Waals surface area (Å²) in [6.07, 6.45) is -6.61. The van der Waals surface area contributed by atoms with Crippen molar-refractivity contribution >= 4 is 101 Å². The van der Waals surface area contributed by atoms with Crippen LogP contribution in [0.4, 0.5) is 28.8 Å². The molecule has 0 amide bonds. The number of hydrogen-bond acceptors (Lipinski definition) is 18. The standard InChI is InChI=1S/C96H128Br4O18/c1-85(2,3)55-39-51-37-52-40-56(86(4,5)6)44-62(74(52)108-80(102)114-92(22,23)24)70(98)67-49-60(90(16,17)18)50-68(78(67)112-84(106)118-96(34,35)36)72(100)64-46-58(88(10,11)12)42-54(76(64)110-82(104)116-94(28,29)30)38-53-41-57(87(7,8)9)45-63(75(53)109-81(103)115-93(25,26)27)71(99)66-48-59(89(13,14)15)47-65(77(66)111-83(105)117-95(31,32)33)69(97)61(43-55)73(51)107-79(101)113-91(19,20)21/h39-50,69-72H,37-38H2,1-36H3. The number of carbonyl (C=O) groups is 6. The fourth-order valence-corrected chi connectivity index (χ4v) is 15.5. The average Bonchev–Trinajstić information content (AvgIpc) is 0.746. The SMILES string of the molecule is CC(C)(C)OC(=O)Oc1c2cc(C(C)(C)C)cc1C(Br)c1cc(C(C)(C)C)cc(c1OC(=O)OC(C)(C)C)C(Br)c1cc(C(C)(C)C)cc(c1OC(=O)OC(C)(C)C)Cc1cc(C(C)(C)C)cc(c1OC(=O)OC(C)(C)C)C(Br)c1cc(C(C)(C)C)cc(c1OC(=O)OC(C)(C)C)C(Br)c1cc(C(C)(C)C)cc(c1OC(=O)OC(C)(C)C)C2. The molecule has 1 aliphatic rings. The number of fused-ring (bicyclic) bond motifs is 12. The zero-order chi connectivity index (χ0) is 90.0. The molecule has 0 heterocycles. The molecular formula is C96H128Br4O18. The molecule has 0 N–H and O–H groups in total. The van der Waals surface area contributed by atoms with Crippen molar-refractivity contribution in [1.82, 2.24) is 0 Å². The summed E-state index contributed by atoms with van der Waals surface area (Å²) < 4.78 is 77.5. The second-order valence-electron chi connectivity index (χ2n) is 42.9. The van der Waals surface area contributed by atoms with Crippen LogP contribution in [0.3, 0.4) is 0 Å². The first-order chi connectivity index (χ1) is 53.1. The van der Waals surface area contributed by atoms with Gasteiger partial charge in [-0.1, -0.05) is 261 Å². The Morgan fingerprint density at radius 3 is 0.458 bits per heavy atom. The lowest BCUT2D eigenvalue weighted by atomic mass is 9.79. The van der Waals surface area contributed by atoms with E-state index < -0.39 is 122 Å². The minimum Gasteiger partial charge on any atom is -0.428 e. The van der Waals surface area contributed by atoms with E-state index in [-0.39, 0.29) is 47.3 Å². The Bertz CT molecular complexity index is 4240. The van der Waals surface area contributed by atoms with Crippen LogP contribution in [0.5, 0.6) is 34.5 Å². The van der Waals surface area contributed by atoms with E-state index in [1.165, 1.54) is 0 Å². The topological polar surface area (TPSA) is 213 Å². The highest BCUT2D eigenvalue weighted by atomic mass is 79.9. The summed E-state index contributed by atoms with van der Waals surface area (Å²) in [5.74, 6) is 0.130. The number of benzene rings is 6. The van der Waals surface area contributed by atoms with Gasteiger partial charge in [0, 0.05) is 79.6 Å². The Kier molecular flexibility index (Phi) is 29.1. The van der Waals surface area contributed by atoms with Gasteiger partial charge in [0.05, 0.1) is 19.3 Å². The first kappa shape index (κ1) is 98.0. The number of halogens is 4. The molecule has 0 radical (unpaired) electrons. The Balaban J connectivity index is 1.95. The third kappa shape index (κ3) is 26.4. The van der Waals surface area contributed by atoms with Crippen LogP contribution in [0, 0.1) is 0 Å². The second kappa shape index (κ2) is 35.0. The molecule has 0 spiro atoms. The maximum absolute atomic E-state index is 15.1. The van der Waals surface area contributed by atoms with Crippen molar-refractivity contribution in [2.45, 2.75) is 348 Å². The van der Waals surface area contributed by atoms with Crippen LogP contribution < -0.4 is 28.4 Å². The molecular weight excluding hydrogens is 1760 g/mol. The van der Waals surface area contributed by atoms with Crippen molar-refractivity contribution in [3.63, 3.8) is 0 Å². The van der Waals surface area contributed by atoms with Gasteiger partial charge in [0.25, 0.3) is 0 Å². The molecule has 6 aromatic carbocycles. The van der Waals surface area contributed by atoms with Crippen molar-refractivity contribution in [3.05, 3.63) is 173 Å². The van der Waals surface area contributed by atoms with Crippen LogP contribution >= 0.6 is 63.7 Å². The summed E-state index contributed by atoms with van der Waals surface area (Å²) in [7, 11) is 0. The highest BCUT2D eigenvalue weighted by Crippen LogP contribution is 2.56. The van der Waals surface area contributed by atoms with Crippen molar-refractivity contribution in [1.29, 1.82) is 0 Å². The Morgan fingerprint density at radius 2 is 0.331 bits per heavy atom. The molecule has 0 saturated carbocycles. The highest BCUT2D eigenvalue weighted by Gasteiger charge is 2.41. The third-order valence-corrected chi connectivity index (χ3v) is 22.6. The number of rotatable bonds is 6. The van der Waals surface area contributed by atoms with Gasteiger partial charge in [0.1, 0.15) is 68.1 Å². The van der Waals surface area contributed by atoms with E-state index in [1.807, 2.05) is 72.8 Å². The second-order valence-corrected chi connectivity index (χ2v) is 46.5. The van der Waals surface area contributed by atoms with Crippen LogP contribution in [0.25, 0.3) is 0 Å². The van der Waals surface area contributed by atoms with Crippen LogP contribution in [-0.2, 0) is 73.8 Å². The minimum absolute atomic E-state index is 0.00280. The van der Waals surface area contributed by atoms with Gasteiger partial charge in [-0.15, -0.1) is 0 Å². The van der Waals surface area contributed by atoms with E-state index >= 15 is 28.8 Å². The summed E-state index contributed by atoms with van der Waals surface area (Å²) in [5, 5.41) is 0. The fourth-order valence-electron chi connectivity index (χ4n) is 12.8. The summed E-state index contributed by atoms with van der Waals surface area (Å²) in [6, 6.07) is 23.4. The van der Waals surface area contributed by atoms with Gasteiger partial charge in [0.15, 0.2) is 0 Å². The molecule has 0 aromatic heterocycles. The maximum atomic E-state index is 15.1. The molecule has 118 heavy (non-hydrogen) atoms. The number of carbonyl (C=O) groups excluding carboxylic acids is 6. The summed E-state index contributed by atoms with van der Waals surface area (Å²) >= 11 is 17.1. The highest BCUT2D eigenvalue weighted by molar-refractivity contribution is 9.10. The maximum Gasteiger partial charge on any atom is 0.514 e. The average molecular weight is 1890 g/mol. The number of ether oxygens (including phenoxy) is 12. The van der Waals surface area contributed by atoms with E-state index in [9.17, 15) is 0 Å². The van der Waals surface area contributed by atoms with Crippen LogP contribution in [-0.4, -0.2) is 70.5 Å². The molecule has 648 valence electrons. The number of alkyl halides is 4. The molecule has 22 heteroatoms. The van der Waals surface area contributed by atoms with Crippen LogP contribution in [0.15, 0.2) is 72.8 Å². The van der Waals surface area contributed by atoms with E-state index in [2.05, 4.69) is 188 Å². The third-order valence-electron chi connectivity index (χ3n) is 18.7. The summed E-state index contributed by atoms with van der Waals surface area (Å²) in [6.45, 7) is 68.2. The molecule has 18 nitrogen and oxygen atoms in total. The van der Waals surface area contributed by atoms with Gasteiger partial charge in [-0.05, 0) is 190 Å². The van der Waals surface area contributed by atoms with Crippen LogP contribution in [0.2, 0.25) is 0 Å². The van der Waals surface area contributed by atoms with Crippen molar-refractivity contribution in [3.8, 4) is 34.5 Å². The molecule has 0 fully saturated rings. The van der Waals surface area contributed by atoms with E-state index in [4.69, 9.17) is 56.8 Å².